The molecule has 0 saturated carbocycles. The third kappa shape index (κ3) is 3.16. The molecule has 6 heteroatoms. The number of nitrogens with zero attached hydrogens (tertiary/aromatic N) is 2. The molecular formula is C15H19N3O2S. The van der Waals surface area contributed by atoms with E-state index >= 15 is 0 Å². The van der Waals surface area contributed by atoms with Crippen molar-refractivity contribution in [2.24, 2.45) is 0 Å². The SMILES string of the molecule is Cc1ccc2nc(NC(C)C(=O)N3CCOCC3)sc2c1. The van der Waals surface area contributed by atoms with Gasteiger partial charge in [-0.25, -0.2) is 4.98 Å². The number of thiazole rings is 1. The summed E-state index contributed by atoms with van der Waals surface area (Å²) in [6, 6.07) is 5.91. The molecule has 0 aliphatic carbocycles. The fourth-order valence-corrected chi connectivity index (χ4v) is 3.45. The predicted octanol–water partition coefficient (Wildman–Crippen LogP) is 2.26. The number of anilines is 1. The normalized spacial score (nSPS) is 17.0. The van der Waals surface area contributed by atoms with Crippen LogP contribution >= 0.6 is 11.3 Å². The average molecular weight is 305 g/mol. The van der Waals surface area contributed by atoms with Gasteiger partial charge in [0.05, 0.1) is 23.4 Å². The van der Waals surface area contributed by atoms with Crippen molar-refractivity contribution < 1.29 is 9.53 Å². The van der Waals surface area contributed by atoms with Gasteiger partial charge in [-0.3, -0.25) is 4.79 Å². The Morgan fingerprint density at radius 3 is 2.95 bits per heavy atom. The van der Waals surface area contributed by atoms with Gasteiger partial charge in [0, 0.05) is 13.1 Å². The number of ether oxygens (including phenoxy) is 1. The number of hydrogen-bond acceptors (Lipinski definition) is 5. The Hall–Kier alpha value is -1.66. The van der Waals surface area contributed by atoms with Gasteiger partial charge in [-0.05, 0) is 31.5 Å². The molecule has 1 aromatic carbocycles. The maximum absolute atomic E-state index is 12.4. The highest BCUT2D eigenvalue weighted by Crippen LogP contribution is 2.27. The van der Waals surface area contributed by atoms with E-state index in [9.17, 15) is 4.79 Å². The Balaban J connectivity index is 1.70. The van der Waals surface area contributed by atoms with Gasteiger partial charge in [0.15, 0.2) is 5.13 Å². The Morgan fingerprint density at radius 2 is 2.19 bits per heavy atom. The van der Waals surface area contributed by atoms with Crippen LogP contribution in [0.3, 0.4) is 0 Å². The third-order valence-electron chi connectivity index (χ3n) is 3.58. The average Bonchev–Trinajstić information content (AvgIpc) is 2.88. The number of hydrogen-bond donors (Lipinski definition) is 1. The number of amides is 1. The smallest absolute Gasteiger partial charge is 0.244 e. The van der Waals surface area contributed by atoms with E-state index in [1.165, 1.54) is 5.56 Å². The molecule has 1 amide bonds. The first-order valence-corrected chi connectivity index (χ1v) is 7.95. The maximum Gasteiger partial charge on any atom is 0.244 e. The minimum atomic E-state index is -0.273. The lowest BCUT2D eigenvalue weighted by atomic mass is 10.2. The van der Waals surface area contributed by atoms with Crippen molar-refractivity contribution in [1.82, 2.24) is 9.88 Å². The Kier molecular flexibility index (Phi) is 4.07. The summed E-state index contributed by atoms with van der Waals surface area (Å²) in [5, 5.41) is 4.02. The number of nitrogens with one attached hydrogen (secondary N) is 1. The third-order valence-corrected chi connectivity index (χ3v) is 4.53. The Morgan fingerprint density at radius 1 is 1.43 bits per heavy atom. The van der Waals surface area contributed by atoms with E-state index in [0.29, 0.717) is 26.3 Å². The molecule has 0 spiro atoms. The number of aromatic nitrogens is 1. The molecule has 1 N–H and O–H groups in total. The van der Waals surface area contributed by atoms with Crippen LogP contribution in [0.5, 0.6) is 0 Å². The molecular weight excluding hydrogens is 286 g/mol. The molecule has 1 atom stereocenters. The zero-order valence-corrected chi connectivity index (χ0v) is 13.1. The monoisotopic (exact) mass is 305 g/mol. The zero-order chi connectivity index (χ0) is 14.8. The van der Waals surface area contributed by atoms with E-state index in [2.05, 4.69) is 23.3 Å². The number of aryl methyl sites for hydroxylation is 1. The molecule has 1 aliphatic rings. The van der Waals surface area contributed by atoms with Crippen LogP contribution in [0.15, 0.2) is 18.2 Å². The molecule has 1 unspecified atom stereocenters. The standard InChI is InChI=1S/C15H19N3O2S/c1-10-3-4-12-13(9-10)21-15(17-12)16-11(2)14(19)18-5-7-20-8-6-18/h3-4,9,11H,5-8H2,1-2H3,(H,16,17). The summed E-state index contributed by atoms with van der Waals surface area (Å²) >= 11 is 1.59. The fourth-order valence-electron chi connectivity index (χ4n) is 2.40. The van der Waals surface area contributed by atoms with E-state index in [-0.39, 0.29) is 11.9 Å². The lowest BCUT2D eigenvalue weighted by molar-refractivity contribution is -0.135. The first-order valence-electron chi connectivity index (χ1n) is 7.14. The van der Waals surface area contributed by atoms with Crippen LogP contribution < -0.4 is 5.32 Å². The van der Waals surface area contributed by atoms with Gasteiger partial charge < -0.3 is 15.0 Å². The summed E-state index contributed by atoms with van der Waals surface area (Å²) in [6.07, 6.45) is 0. The molecule has 2 heterocycles. The van der Waals surface area contributed by atoms with Crippen molar-refractivity contribution >= 4 is 32.6 Å². The molecule has 2 aromatic rings. The van der Waals surface area contributed by atoms with Crippen LogP contribution in [0.2, 0.25) is 0 Å². The van der Waals surface area contributed by atoms with Gasteiger partial charge in [0.1, 0.15) is 6.04 Å². The van der Waals surface area contributed by atoms with Crippen LogP contribution in [-0.2, 0) is 9.53 Å². The topological polar surface area (TPSA) is 54.5 Å². The van der Waals surface area contributed by atoms with Crippen molar-refractivity contribution in [3.8, 4) is 0 Å². The van der Waals surface area contributed by atoms with Crippen LogP contribution in [0.4, 0.5) is 5.13 Å². The lowest BCUT2D eigenvalue weighted by Gasteiger charge is -2.29. The van der Waals surface area contributed by atoms with E-state index in [1.807, 2.05) is 24.0 Å². The number of rotatable bonds is 3. The van der Waals surface area contributed by atoms with E-state index in [0.717, 1.165) is 15.3 Å². The summed E-state index contributed by atoms with van der Waals surface area (Å²) in [7, 11) is 0. The molecule has 112 valence electrons. The molecule has 3 rings (SSSR count). The summed E-state index contributed by atoms with van der Waals surface area (Å²) in [5.74, 6) is 0.105. The van der Waals surface area contributed by atoms with E-state index in [4.69, 9.17) is 4.74 Å². The maximum atomic E-state index is 12.4. The summed E-state index contributed by atoms with van der Waals surface area (Å²) in [5.41, 5.74) is 2.19. The summed E-state index contributed by atoms with van der Waals surface area (Å²) < 4.78 is 6.42. The number of carbonyl (C=O) groups excluding carboxylic acids is 1. The van der Waals surface area contributed by atoms with Crippen molar-refractivity contribution in [2.45, 2.75) is 19.9 Å². The first-order chi connectivity index (χ1) is 10.1. The predicted molar refractivity (Wildman–Crippen MR) is 84.8 cm³/mol. The molecule has 0 radical (unpaired) electrons. The van der Waals surface area contributed by atoms with Crippen LogP contribution in [0, 0.1) is 6.92 Å². The number of benzene rings is 1. The van der Waals surface area contributed by atoms with E-state index < -0.39 is 0 Å². The second kappa shape index (κ2) is 5.99. The first kappa shape index (κ1) is 14.3. The van der Waals surface area contributed by atoms with E-state index in [1.54, 1.807) is 11.3 Å². The van der Waals surface area contributed by atoms with Gasteiger partial charge in [0.25, 0.3) is 0 Å². The van der Waals surface area contributed by atoms with Gasteiger partial charge in [-0.1, -0.05) is 17.4 Å². The Labute approximate surface area is 127 Å². The molecule has 21 heavy (non-hydrogen) atoms. The molecule has 1 fully saturated rings. The minimum Gasteiger partial charge on any atom is -0.378 e. The van der Waals surface area contributed by atoms with Gasteiger partial charge in [0.2, 0.25) is 5.91 Å². The van der Waals surface area contributed by atoms with Crippen molar-refractivity contribution in [2.75, 3.05) is 31.6 Å². The zero-order valence-electron chi connectivity index (χ0n) is 12.3. The minimum absolute atomic E-state index is 0.105. The second-order valence-corrected chi connectivity index (χ2v) is 6.32. The van der Waals surface area contributed by atoms with Crippen molar-refractivity contribution in [3.05, 3.63) is 23.8 Å². The fraction of sp³-hybridized carbons (Fsp3) is 0.467. The highest BCUT2D eigenvalue weighted by Gasteiger charge is 2.23. The highest BCUT2D eigenvalue weighted by atomic mass is 32.1. The molecule has 1 aliphatic heterocycles. The van der Waals surface area contributed by atoms with Crippen molar-refractivity contribution in [3.63, 3.8) is 0 Å². The highest BCUT2D eigenvalue weighted by molar-refractivity contribution is 7.22. The molecule has 1 saturated heterocycles. The Bertz CT molecular complexity index is 649. The van der Waals surface area contributed by atoms with Gasteiger partial charge in [-0.15, -0.1) is 0 Å². The molecule has 1 aromatic heterocycles. The number of morpholine rings is 1. The second-order valence-electron chi connectivity index (χ2n) is 5.29. The summed E-state index contributed by atoms with van der Waals surface area (Å²) in [6.45, 7) is 6.54. The van der Waals surface area contributed by atoms with Crippen LogP contribution in [0.25, 0.3) is 10.2 Å². The van der Waals surface area contributed by atoms with Gasteiger partial charge in [-0.2, -0.15) is 0 Å². The van der Waals surface area contributed by atoms with Crippen molar-refractivity contribution in [1.29, 1.82) is 0 Å². The van der Waals surface area contributed by atoms with Gasteiger partial charge >= 0.3 is 0 Å². The van der Waals surface area contributed by atoms with Crippen LogP contribution in [0.1, 0.15) is 12.5 Å². The quantitative estimate of drug-likeness (QED) is 0.945. The molecule has 5 nitrogen and oxygen atoms in total. The van der Waals surface area contributed by atoms with Crippen LogP contribution in [-0.4, -0.2) is 48.1 Å². The number of carbonyl (C=O) groups is 1. The lowest BCUT2D eigenvalue weighted by Crippen LogP contribution is -2.46. The largest absolute Gasteiger partial charge is 0.378 e. The number of fused-ring (bicyclic) bond motifs is 1. The molecule has 0 bridgehead atoms. The summed E-state index contributed by atoms with van der Waals surface area (Å²) in [4.78, 5) is 18.7.